The Morgan fingerprint density at radius 3 is 2.64 bits per heavy atom. The minimum atomic E-state index is -0.774. The lowest BCUT2D eigenvalue weighted by Crippen LogP contribution is -2.53. The number of piperazine rings is 1. The van der Waals surface area contributed by atoms with E-state index in [4.69, 9.17) is 5.11 Å². The molecule has 1 saturated carbocycles. The summed E-state index contributed by atoms with van der Waals surface area (Å²) < 4.78 is 0. The van der Waals surface area contributed by atoms with Crippen LogP contribution >= 0.6 is 0 Å². The number of rotatable bonds is 2. The van der Waals surface area contributed by atoms with Gasteiger partial charge in [-0.2, -0.15) is 0 Å². The third-order valence-corrected chi connectivity index (χ3v) is 3.17. The normalized spacial score (nSPS) is 29.2. The number of carboxylic acid groups (broad SMARTS) is 1. The molecule has 4 nitrogen and oxygen atoms in total. The van der Waals surface area contributed by atoms with Gasteiger partial charge in [0.2, 0.25) is 0 Å². The molecule has 4 heteroatoms. The molecule has 2 rings (SSSR count). The van der Waals surface area contributed by atoms with Crippen molar-refractivity contribution in [3.63, 3.8) is 0 Å². The standard InChI is InChI=1S/C10H18N2O2/c1-8-6-11(7-9-2-3-9)4-5-12(8)10(13)14/h8-9H,2-7H2,1H3,(H,13,14). The van der Waals surface area contributed by atoms with E-state index in [1.165, 1.54) is 19.4 Å². The zero-order valence-corrected chi connectivity index (χ0v) is 8.65. The van der Waals surface area contributed by atoms with Crippen molar-refractivity contribution in [3.8, 4) is 0 Å². The molecule has 2 fully saturated rings. The van der Waals surface area contributed by atoms with Crippen LogP contribution in [0, 0.1) is 5.92 Å². The Labute approximate surface area is 84.5 Å². The third kappa shape index (κ3) is 2.18. The highest BCUT2D eigenvalue weighted by Crippen LogP contribution is 2.30. The van der Waals surface area contributed by atoms with E-state index in [9.17, 15) is 4.79 Å². The first-order valence-electron chi connectivity index (χ1n) is 5.38. The van der Waals surface area contributed by atoms with Crippen molar-refractivity contribution >= 4 is 6.09 Å². The van der Waals surface area contributed by atoms with Gasteiger partial charge in [0.05, 0.1) is 0 Å². The molecule has 2 aliphatic rings. The zero-order chi connectivity index (χ0) is 10.1. The molecule has 1 unspecified atom stereocenters. The fourth-order valence-electron chi connectivity index (χ4n) is 2.15. The van der Waals surface area contributed by atoms with Gasteiger partial charge in [-0.3, -0.25) is 4.90 Å². The van der Waals surface area contributed by atoms with Gasteiger partial charge in [-0.15, -0.1) is 0 Å². The molecule has 80 valence electrons. The summed E-state index contributed by atoms with van der Waals surface area (Å²) in [5.41, 5.74) is 0. The smallest absolute Gasteiger partial charge is 0.407 e. The molecule has 0 aromatic carbocycles. The second-order valence-electron chi connectivity index (χ2n) is 4.53. The molecule has 1 saturated heterocycles. The van der Waals surface area contributed by atoms with Crippen LogP contribution in [0.4, 0.5) is 4.79 Å². The number of carbonyl (C=O) groups is 1. The van der Waals surface area contributed by atoms with E-state index < -0.39 is 6.09 Å². The number of nitrogens with zero attached hydrogens (tertiary/aromatic N) is 2. The molecular weight excluding hydrogens is 180 g/mol. The van der Waals surface area contributed by atoms with E-state index in [0.717, 1.165) is 19.0 Å². The summed E-state index contributed by atoms with van der Waals surface area (Å²) in [6.45, 7) is 5.66. The second kappa shape index (κ2) is 3.77. The molecule has 0 aromatic rings. The monoisotopic (exact) mass is 198 g/mol. The summed E-state index contributed by atoms with van der Waals surface area (Å²) in [6.07, 6.45) is 1.96. The number of hydrogen-bond donors (Lipinski definition) is 1. The Morgan fingerprint density at radius 1 is 1.43 bits per heavy atom. The van der Waals surface area contributed by atoms with E-state index in [1.54, 1.807) is 4.90 Å². The van der Waals surface area contributed by atoms with Crippen molar-refractivity contribution in [2.75, 3.05) is 26.2 Å². The highest BCUT2D eigenvalue weighted by atomic mass is 16.4. The predicted molar refractivity (Wildman–Crippen MR) is 53.4 cm³/mol. The van der Waals surface area contributed by atoms with Crippen LogP contribution in [-0.4, -0.2) is 53.2 Å². The summed E-state index contributed by atoms with van der Waals surface area (Å²) in [6, 6.07) is 0.153. The largest absolute Gasteiger partial charge is 0.465 e. The Morgan fingerprint density at radius 2 is 2.14 bits per heavy atom. The topological polar surface area (TPSA) is 43.8 Å². The molecule has 1 aliphatic heterocycles. The molecule has 0 bridgehead atoms. The van der Waals surface area contributed by atoms with Gasteiger partial charge in [-0.25, -0.2) is 4.79 Å². The van der Waals surface area contributed by atoms with Crippen LogP contribution in [0.3, 0.4) is 0 Å². The molecule has 1 atom stereocenters. The van der Waals surface area contributed by atoms with Crippen LogP contribution < -0.4 is 0 Å². The van der Waals surface area contributed by atoms with Crippen LogP contribution in [0.2, 0.25) is 0 Å². The van der Waals surface area contributed by atoms with Crippen molar-refractivity contribution in [1.82, 2.24) is 9.80 Å². The van der Waals surface area contributed by atoms with E-state index in [0.29, 0.717) is 6.54 Å². The first-order chi connectivity index (χ1) is 6.66. The minimum Gasteiger partial charge on any atom is -0.465 e. The zero-order valence-electron chi connectivity index (χ0n) is 8.65. The van der Waals surface area contributed by atoms with Crippen LogP contribution in [0.15, 0.2) is 0 Å². The van der Waals surface area contributed by atoms with E-state index in [-0.39, 0.29) is 6.04 Å². The van der Waals surface area contributed by atoms with E-state index in [1.807, 2.05) is 6.92 Å². The molecule has 14 heavy (non-hydrogen) atoms. The van der Waals surface area contributed by atoms with Crippen molar-refractivity contribution < 1.29 is 9.90 Å². The lowest BCUT2D eigenvalue weighted by Gasteiger charge is -2.38. The number of hydrogen-bond acceptors (Lipinski definition) is 2. The summed E-state index contributed by atoms with van der Waals surface area (Å²) in [5, 5.41) is 8.90. The van der Waals surface area contributed by atoms with Crippen LogP contribution in [0.1, 0.15) is 19.8 Å². The Bertz CT molecular complexity index is 228. The fourth-order valence-corrected chi connectivity index (χ4v) is 2.15. The highest BCUT2D eigenvalue weighted by Gasteiger charge is 2.30. The van der Waals surface area contributed by atoms with Gasteiger partial charge >= 0.3 is 6.09 Å². The molecule has 0 radical (unpaired) electrons. The second-order valence-corrected chi connectivity index (χ2v) is 4.53. The van der Waals surface area contributed by atoms with Crippen molar-refractivity contribution in [1.29, 1.82) is 0 Å². The summed E-state index contributed by atoms with van der Waals surface area (Å²) in [7, 11) is 0. The average molecular weight is 198 g/mol. The summed E-state index contributed by atoms with van der Waals surface area (Å²) in [4.78, 5) is 14.8. The first kappa shape index (κ1) is 9.77. The summed E-state index contributed by atoms with van der Waals surface area (Å²) >= 11 is 0. The van der Waals surface area contributed by atoms with Gasteiger partial charge in [0.15, 0.2) is 0 Å². The minimum absolute atomic E-state index is 0.153. The van der Waals surface area contributed by atoms with E-state index >= 15 is 0 Å². The van der Waals surface area contributed by atoms with Crippen LogP contribution in [0.25, 0.3) is 0 Å². The predicted octanol–water partition coefficient (Wildman–Crippen LogP) is 1.08. The maximum atomic E-state index is 10.8. The molecule has 1 amide bonds. The van der Waals surface area contributed by atoms with E-state index in [2.05, 4.69) is 4.90 Å². The Balaban J connectivity index is 1.82. The molecule has 1 heterocycles. The van der Waals surface area contributed by atoms with Crippen molar-refractivity contribution in [3.05, 3.63) is 0 Å². The van der Waals surface area contributed by atoms with Crippen LogP contribution in [0.5, 0.6) is 0 Å². The quantitative estimate of drug-likeness (QED) is 0.722. The molecule has 0 spiro atoms. The van der Waals surface area contributed by atoms with Gasteiger partial charge in [0, 0.05) is 32.2 Å². The molecule has 1 N–H and O–H groups in total. The lowest BCUT2D eigenvalue weighted by molar-refractivity contribution is 0.0723. The molecule has 1 aliphatic carbocycles. The van der Waals surface area contributed by atoms with Crippen LogP contribution in [-0.2, 0) is 0 Å². The average Bonchev–Trinajstić information content (AvgIpc) is 2.87. The van der Waals surface area contributed by atoms with Gasteiger partial charge < -0.3 is 10.0 Å². The Kier molecular flexibility index (Phi) is 2.63. The highest BCUT2D eigenvalue weighted by molar-refractivity contribution is 5.65. The van der Waals surface area contributed by atoms with Gasteiger partial charge in [0.25, 0.3) is 0 Å². The third-order valence-electron chi connectivity index (χ3n) is 3.17. The number of amides is 1. The molecule has 0 aromatic heterocycles. The first-order valence-corrected chi connectivity index (χ1v) is 5.38. The van der Waals surface area contributed by atoms with Crippen molar-refractivity contribution in [2.24, 2.45) is 5.92 Å². The maximum absolute atomic E-state index is 10.8. The lowest BCUT2D eigenvalue weighted by atomic mass is 10.2. The van der Waals surface area contributed by atoms with Gasteiger partial charge in [-0.05, 0) is 25.7 Å². The SMILES string of the molecule is CC1CN(CC2CC2)CCN1C(=O)O. The van der Waals surface area contributed by atoms with Gasteiger partial charge in [0.1, 0.15) is 0 Å². The fraction of sp³-hybridized carbons (Fsp3) is 0.900. The van der Waals surface area contributed by atoms with Crippen molar-refractivity contribution in [2.45, 2.75) is 25.8 Å². The molecular formula is C10H18N2O2. The Hall–Kier alpha value is -0.770. The summed E-state index contributed by atoms with van der Waals surface area (Å²) in [5.74, 6) is 0.901. The maximum Gasteiger partial charge on any atom is 0.407 e. The van der Waals surface area contributed by atoms with Gasteiger partial charge in [-0.1, -0.05) is 0 Å².